The van der Waals surface area contributed by atoms with E-state index in [0.29, 0.717) is 28.0 Å². The second-order valence-corrected chi connectivity index (χ2v) is 12.7. The maximum atomic E-state index is 13.4. The summed E-state index contributed by atoms with van der Waals surface area (Å²) in [5.41, 5.74) is 1.43. The molecular weight excluding hydrogens is 585 g/mol. The zero-order chi connectivity index (χ0) is 28.3. The molecule has 2 aromatic carbocycles. The molecule has 0 saturated heterocycles. The van der Waals surface area contributed by atoms with Crippen LogP contribution in [0.25, 0.3) is 10.1 Å². The van der Waals surface area contributed by atoms with Crippen LogP contribution in [0.15, 0.2) is 58.2 Å². The van der Waals surface area contributed by atoms with E-state index in [1.165, 1.54) is 12.1 Å². The van der Waals surface area contributed by atoms with Crippen molar-refractivity contribution in [1.82, 2.24) is 9.69 Å². The molecule has 1 atom stereocenters. The number of sulfone groups is 1. The standard InChI is InChI=1S/C26H25Cl2N3O6S2/c1-14(2)37-26(33)20(10-15-5-4-6-17(9-15)39(3,34)35)30-25(32)21-19(27)11-18-23(22(21)28)38-31-24(18)29-12-16-7-8-36-13-16/h4-9,11,13-14,20H,10,12H2,1-3H3,(H,29,31)(H,30,32). The summed E-state index contributed by atoms with van der Waals surface area (Å²) in [6.07, 6.45) is 3.83. The molecule has 206 valence electrons. The van der Waals surface area contributed by atoms with Gasteiger partial charge in [-0.05, 0) is 55.2 Å². The molecule has 0 aliphatic carbocycles. The van der Waals surface area contributed by atoms with Gasteiger partial charge in [-0.25, -0.2) is 13.2 Å². The van der Waals surface area contributed by atoms with Crippen LogP contribution in [0.1, 0.15) is 35.3 Å². The highest BCUT2D eigenvalue weighted by atomic mass is 35.5. The number of carbonyl (C=O) groups is 2. The molecule has 13 heteroatoms. The fourth-order valence-electron chi connectivity index (χ4n) is 3.80. The van der Waals surface area contributed by atoms with E-state index in [0.717, 1.165) is 23.4 Å². The second kappa shape index (κ2) is 12.0. The van der Waals surface area contributed by atoms with Gasteiger partial charge in [0.25, 0.3) is 5.91 Å². The lowest BCUT2D eigenvalue weighted by Gasteiger charge is -2.20. The Balaban J connectivity index is 1.61. The van der Waals surface area contributed by atoms with E-state index < -0.39 is 33.9 Å². The summed E-state index contributed by atoms with van der Waals surface area (Å²) in [4.78, 5) is 26.4. The van der Waals surface area contributed by atoms with Crippen molar-refractivity contribution in [2.75, 3.05) is 11.6 Å². The SMILES string of the molecule is CC(C)OC(=O)C(Cc1cccc(S(C)(=O)=O)c1)NC(=O)c1c(Cl)cc2c(NCc3ccoc3)nsc2c1Cl. The van der Waals surface area contributed by atoms with Gasteiger partial charge in [-0.1, -0.05) is 35.3 Å². The van der Waals surface area contributed by atoms with Gasteiger partial charge < -0.3 is 19.8 Å². The van der Waals surface area contributed by atoms with Crippen molar-refractivity contribution < 1.29 is 27.2 Å². The van der Waals surface area contributed by atoms with Crippen LogP contribution in [0.3, 0.4) is 0 Å². The first-order chi connectivity index (χ1) is 18.4. The van der Waals surface area contributed by atoms with E-state index in [1.54, 1.807) is 44.6 Å². The predicted octanol–water partition coefficient (Wildman–Crippen LogP) is 5.50. The molecule has 0 spiro atoms. The predicted molar refractivity (Wildman–Crippen MR) is 151 cm³/mol. The number of nitrogens with zero attached hydrogens (tertiary/aromatic N) is 1. The Bertz CT molecular complexity index is 1620. The summed E-state index contributed by atoms with van der Waals surface area (Å²) in [6.45, 7) is 3.84. The van der Waals surface area contributed by atoms with Crippen molar-refractivity contribution in [1.29, 1.82) is 0 Å². The summed E-state index contributed by atoms with van der Waals surface area (Å²) in [5.74, 6) is -0.811. The van der Waals surface area contributed by atoms with Crippen molar-refractivity contribution in [3.63, 3.8) is 0 Å². The summed E-state index contributed by atoms with van der Waals surface area (Å²) < 4.78 is 39.4. The van der Waals surface area contributed by atoms with E-state index in [9.17, 15) is 18.0 Å². The van der Waals surface area contributed by atoms with E-state index in [1.807, 2.05) is 6.07 Å². The van der Waals surface area contributed by atoms with E-state index in [-0.39, 0.29) is 26.9 Å². The Morgan fingerprint density at radius 3 is 2.59 bits per heavy atom. The maximum Gasteiger partial charge on any atom is 0.329 e. The number of halogens is 2. The molecule has 4 aromatic rings. The average Bonchev–Trinajstić information content (AvgIpc) is 3.51. The first kappa shape index (κ1) is 28.9. The van der Waals surface area contributed by atoms with Crippen molar-refractivity contribution in [3.05, 3.63) is 75.7 Å². The number of benzene rings is 2. The largest absolute Gasteiger partial charge is 0.472 e. The van der Waals surface area contributed by atoms with E-state index >= 15 is 0 Å². The number of fused-ring (bicyclic) bond motifs is 1. The van der Waals surface area contributed by atoms with Gasteiger partial charge >= 0.3 is 5.97 Å². The monoisotopic (exact) mass is 609 g/mol. The molecular formula is C26H25Cl2N3O6S2. The molecule has 0 aliphatic heterocycles. The third kappa shape index (κ3) is 6.91. The summed E-state index contributed by atoms with van der Waals surface area (Å²) in [7, 11) is -3.47. The number of hydrogen-bond donors (Lipinski definition) is 2. The Morgan fingerprint density at radius 1 is 1.15 bits per heavy atom. The number of nitrogens with one attached hydrogen (secondary N) is 2. The normalized spacial score (nSPS) is 12.5. The number of aromatic nitrogens is 1. The Labute approximate surface area is 239 Å². The number of hydrogen-bond acceptors (Lipinski definition) is 9. The molecule has 1 amide bonds. The van der Waals surface area contributed by atoms with Crippen LogP contribution in [0.2, 0.25) is 10.0 Å². The first-order valence-corrected chi connectivity index (χ1v) is 15.2. The second-order valence-electron chi connectivity index (χ2n) is 9.08. The highest BCUT2D eigenvalue weighted by molar-refractivity contribution is 7.90. The van der Waals surface area contributed by atoms with Gasteiger partial charge in [-0.2, -0.15) is 4.37 Å². The van der Waals surface area contributed by atoms with Crippen LogP contribution in [-0.4, -0.2) is 43.1 Å². The Morgan fingerprint density at radius 2 is 1.92 bits per heavy atom. The molecule has 2 aromatic heterocycles. The molecule has 39 heavy (non-hydrogen) atoms. The van der Waals surface area contributed by atoms with Gasteiger partial charge in [0.05, 0.1) is 43.8 Å². The maximum absolute atomic E-state index is 13.4. The fourth-order valence-corrected chi connectivity index (χ4v) is 6.00. The van der Waals surface area contributed by atoms with Crippen LogP contribution in [0, 0.1) is 0 Å². The van der Waals surface area contributed by atoms with Crippen molar-refractivity contribution in [2.45, 2.75) is 43.9 Å². The van der Waals surface area contributed by atoms with Gasteiger partial charge in [0.1, 0.15) is 11.9 Å². The minimum Gasteiger partial charge on any atom is -0.472 e. The van der Waals surface area contributed by atoms with Gasteiger partial charge in [0.2, 0.25) is 0 Å². The van der Waals surface area contributed by atoms with Crippen LogP contribution < -0.4 is 10.6 Å². The van der Waals surface area contributed by atoms with Crippen molar-refractivity contribution in [2.24, 2.45) is 0 Å². The first-order valence-electron chi connectivity index (χ1n) is 11.8. The highest BCUT2D eigenvalue weighted by Crippen LogP contribution is 2.39. The van der Waals surface area contributed by atoms with E-state index in [4.69, 9.17) is 32.4 Å². The van der Waals surface area contributed by atoms with E-state index in [2.05, 4.69) is 15.0 Å². The topological polar surface area (TPSA) is 128 Å². The lowest BCUT2D eigenvalue weighted by Crippen LogP contribution is -2.44. The van der Waals surface area contributed by atoms with Crippen LogP contribution in [-0.2, 0) is 32.3 Å². The minimum absolute atomic E-state index is 0.0110. The lowest BCUT2D eigenvalue weighted by atomic mass is 10.0. The number of anilines is 1. The molecule has 1 unspecified atom stereocenters. The molecule has 0 fully saturated rings. The third-order valence-corrected chi connectivity index (χ3v) is 8.41. The Hall–Kier alpha value is -3.12. The smallest absolute Gasteiger partial charge is 0.329 e. The zero-order valence-corrected chi connectivity index (χ0v) is 24.3. The summed E-state index contributed by atoms with van der Waals surface area (Å²) in [6, 6.07) is 8.43. The fraction of sp³-hybridized carbons (Fsp3) is 0.269. The third-order valence-electron chi connectivity index (χ3n) is 5.63. The van der Waals surface area contributed by atoms with Crippen LogP contribution >= 0.6 is 34.7 Å². The van der Waals surface area contributed by atoms with Crippen LogP contribution in [0.4, 0.5) is 5.82 Å². The van der Waals surface area contributed by atoms with Crippen LogP contribution in [0.5, 0.6) is 0 Å². The van der Waals surface area contributed by atoms with Crippen molar-refractivity contribution >= 4 is 72.4 Å². The number of carbonyl (C=O) groups excluding carboxylic acids is 2. The molecule has 4 rings (SSSR count). The molecule has 0 saturated carbocycles. The molecule has 2 N–H and O–H groups in total. The number of amides is 1. The number of furan rings is 1. The minimum atomic E-state index is -3.47. The summed E-state index contributed by atoms with van der Waals surface area (Å²) >= 11 is 14.3. The van der Waals surface area contributed by atoms with Gasteiger partial charge in [-0.3, -0.25) is 4.79 Å². The molecule has 0 radical (unpaired) electrons. The average molecular weight is 611 g/mol. The molecule has 0 aliphatic rings. The van der Waals surface area contributed by atoms with Gasteiger partial charge in [-0.15, -0.1) is 0 Å². The number of rotatable bonds is 10. The molecule has 9 nitrogen and oxygen atoms in total. The quantitative estimate of drug-likeness (QED) is 0.225. The number of ether oxygens (including phenoxy) is 1. The zero-order valence-electron chi connectivity index (χ0n) is 21.2. The Kier molecular flexibility index (Phi) is 8.85. The van der Waals surface area contributed by atoms with Gasteiger partial charge in [0, 0.05) is 30.2 Å². The molecule has 2 heterocycles. The summed E-state index contributed by atoms with van der Waals surface area (Å²) in [5, 5.41) is 6.68. The number of esters is 1. The lowest BCUT2D eigenvalue weighted by molar-refractivity contribution is -0.149. The molecule has 0 bridgehead atoms. The van der Waals surface area contributed by atoms with Gasteiger partial charge in [0.15, 0.2) is 9.84 Å². The highest BCUT2D eigenvalue weighted by Gasteiger charge is 2.28. The van der Waals surface area contributed by atoms with Crippen molar-refractivity contribution in [3.8, 4) is 0 Å².